The molecule has 1 aromatic carbocycles. The summed E-state index contributed by atoms with van der Waals surface area (Å²) in [7, 11) is 0. The molecule has 1 aromatic heterocycles. The molecule has 0 aliphatic carbocycles. The van der Waals surface area contributed by atoms with E-state index >= 15 is 0 Å². The maximum atomic E-state index is 13.4. The average Bonchev–Trinajstić information content (AvgIpc) is 2.79. The zero-order valence-corrected chi connectivity index (χ0v) is 13.8. The second-order valence-electron chi connectivity index (χ2n) is 6.92. The highest BCUT2D eigenvalue weighted by atomic mass is 16.2. The number of nitrogens with zero attached hydrogens (tertiary/aromatic N) is 2. The molecule has 2 aliphatic heterocycles. The molecule has 1 N–H and O–H groups in total. The van der Waals surface area contributed by atoms with Gasteiger partial charge < -0.3 is 10.2 Å². The Hall–Kier alpha value is -1.94. The molecule has 2 aliphatic rings. The zero-order valence-electron chi connectivity index (χ0n) is 13.8. The van der Waals surface area contributed by atoms with E-state index in [0.717, 1.165) is 60.1 Å². The van der Waals surface area contributed by atoms with Crippen molar-refractivity contribution in [3.8, 4) is 0 Å². The number of amides is 1. The standard InChI is InChI=1S/C19H23N3O/c1-12-3-6-18-16(9-12)17(10-13(2)21-18)19(23)22-14-4-5-15(22)11-20-8-7-14/h3,6,9-10,14-15,20H,4-5,7-8,11H2,1-2H3/t14-,15+/m1/s1. The molecule has 0 spiro atoms. The Morgan fingerprint density at radius 3 is 2.87 bits per heavy atom. The largest absolute Gasteiger partial charge is 0.331 e. The Kier molecular flexibility index (Phi) is 3.57. The van der Waals surface area contributed by atoms with Crippen LogP contribution in [0.2, 0.25) is 0 Å². The lowest BCUT2D eigenvalue weighted by molar-refractivity contribution is 0.0682. The number of aryl methyl sites for hydroxylation is 2. The Morgan fingerprint density at radius 2 is 2.00 bits per heavy atom. The first-order valence-corrected chi connectivity index (χ1v) is 8.55. The molecular weight excluding hydrogens is 286 g/mol. The smallest absolute Gasteiger partial charge is 0.255 e. The van der Waals surface area contributed by atoms with E-state index < -0.39 is 0 Å². The van der Waals surface area contributed by atoms with Crippen LogP contribution < -0.4 is 5.32 Å². The summed E-state index contributed by atoms with van der Waals surface area (Å²) in [6.07, 6.45) is 3.31. The molecule has 0 radical (unpaired) electrons. The van der Waals surface area contributed by atoms with Gasteiger partial charge in [0.05, 0.1) is 11.1 Å². The van der Waals surface area contributed by atoms with Gasteiger partial charge in [-0.1, -0.05) is 11.6 Å². The number of carbonyl (C=O) groups is 1. The predicted octanol–water partition coefficient (Wildman–Crippen LogP) is 2.82. The first kappa shape index (κ1) is 14.6. The predicted molar refractivity (Wildman–Crippen MR) is 91.7 cm³/mol. The molecule has 2 fully saturated rings. The third-order valence-electron chi connectivity index (χ3n) is 5.21. The summed E-state index contributed by atoms with van der Waals surface area (Å²) in [6, 6.07) is 8.85. The lowest BCUT2D eigenvalue weighted by atomic mass is 10.0. The van der Waals surface area contributed by atoms with Gasteiger partial charge in [-0.05, 0) is 57.9 Å². The van der Waals surface area contributed by atoms with Gasteiger partial charge >= 0.3 is 0 Å². The van der Waals surface area contributed by atoms with Gasteiger partial charge in [0.25, 0.3) is 5.91 Å². The van der Waals surface area contributed by atoms with Gasteiger partial charge in [-0.25, -0.2) is 0 Å². The molecule has 4 heteroatoms. The fraction of sp³-hybridized carbons (Fsp3) is 0.474. The number of fused-ring (bicyclic) bond motifs is 3. The van der Waals surface area contributed by atoms with Crippen molar-refractivity contribution >= 4 is 16.8 Å². The Bertz CT molecular complexity index is 757. The third kappa shape index (κ3) is 2.51. The topological polar surface area (TPSA) is 45.2 Å². The number of aromatic nitrogens is 1. The molecule has 4 rings (SSSR count). The molecule has 1 amide bonds. The lowest BCUT2D eigenvalue weighted by Crippen LogP contribution is -2.42. The van der Waals surface area contributed by atoms with E-state index in [0.29, 0.717) is 12.1 Å². The van der Waals surface area contributed by atoms with E-state index in [1.54, 1.807) is 0 Å². The monoisotopic (exact) mass is 309 g/mol. The highest BCUT2D eigenvalue weighted by Crippen LogP contribution is 2.31. The van der Waals surface area contributed by atoms with Gasteiger partial charge in [-0.15, -0.1) is 0 Å². The molecule has 120 valence electrons. The Morgan fingerprint density at radius 1 is 1.17 bits per heavy atom. The SMILES string of the molecule is Cc1ccc2nc(C)cc(C(=O)N3[C@H]4CCNC[C@@H]3CC4)c2c1. The van der Waals surface area contributed by atoms with Gasteiger partial charge in [0.15, 0.2) is 0 Å². The van der Waals surface area contributed by atoms with Crippen LogP contribution in [0.3, 0.4) is 0 Å². The molecule has 4 nitrogen and oxygen atoms in total. The minimum Gasteiger partial charge on any atom is -0.331 e. The molecule has 2 bridgehead atoms. The van der Waals surface area contributed by atoms with Crippen LogP contribution >= 0.6 is 0 Å². The third-order valence-corrected chi connectivity index (χ3v) is 5.21. The molecule has 2 saturated heterocycles. The number of rotatable bonds is 1. The van der Waals surface area contributed by atoms with E-state index in [9.17, 15) is 4.79 Å². The van der Waals surface area contributed by atoms with Crippen molar-refractivity contribution in [2.75, 3.05) is 13.1 Å². The highest BCUT2D eigenvalue weighted by molar-refractivity contribution is 6.06. The minimum absolute atomic E-state index is 0.183. The number of nitrogens with one attached hydrogen (secondary N) is 1. The summed E-state index contributed by atoms with van der Waals surface area (Å²) in [4.78, 5) is 20.1. The fourth-order valence-electron chi connectivity index (χ4n) is 4.10. The molecule has 3 heterocycles. The van der Waals surface area contributed by atoms with E-state index in [1.165, 1.54) is 0 Å². The number of hydrogen-bond acceptors (Lipinski definition) is 3. The lowest BCUT2D eigenvalue weighted by Gasteiger charge is -2.28. The molecular formula is C19H23N3O. The van der Waals surface area contributed by atoms with Crippen LogP contribution in [0.5, 0.6) is 0 Å². The van der Waals surface area contributed by atoms with E-state index in [-0.39, 0.29) is 5.91 Å². The number of benzene rings is 1. The van der Waals surface area contributed by atoms with Crippen molar-refractivity contribution in [2.24, 2.45) is 0 Å². The summed E-state index contributed by atoms with van der Waals surface area (Å²) >= 11 is 0. The second kappa shape index (κ2) is 5.60. The number of pyridine rings is 1. The van der Waals surface area contributed by atoms with Crippen LogP contribution in [0.15, 0.2) is 24.3 Å². The Balaban J connectivity index is 1.82. The van der Waals surface area contributed by atoms with Crippen molar-refractivity contribution < 1.29 is 4.79 Å². The van der Waals surface area contributed by atoms with Gasteiger partial charge in [0.1, 0.15) is 0 Å². The molecule has 23 heavy (non-hydrogen) atoms. The number of hydrogen-bond donors (Lipinski definition) is 1. The van der Waals surface area contributed by atoms with Crippen LogP contribution in [0, 0.1) is 13.8 Å². The summed E-state index contributed by atoms with van der Waals surface area (Å²) < 4.78 is 0. The zero-order chi connectivity index (χ0) is 16.0. The Labute approximate surface area is 136 Å². The first-order valence-electron chi connectivity index (χ1n) is 8.55. The number of carbonyl (C=O) groups excluding carboxylic acids is 1. The van der Waals surface area contributed by atoms with Crippen molar-refractivity contribution in [1.82, 2.24) is 15.2 Å². The summed E-state index contributed by atoms with van der Waals surface area (Å²) in [5, 5.41) is 4.45. The van der Waals surface area contributed by atoms with Gasteiger partial charge in [-0.2, -0.15) is 0 Å². The normalized spacial score (nSPS) is 24.0. The molecule has 2 aromatic rings. The van der Waals surface area contributed by atoms with Crippen molar-refractivity contribution in [2.45, 2.75) is 45.2 Å². The van der Waals surface area contributed by atoms with Gasteiger partial charge in [0.2, 0.25) is 0 Å². The average molecular weight is 309 g/mol. The van der Waals surface area contributed by atoms with Crippen LogP contribution in [0.1, 0.15) is 40.9 Å². The van der Waals surface area contributed by atoms with Crippen molar-refractivity contribution in [3.63, 3.8) is 0 Å². The summed E-state index contributed by atoms with van der Waals surface area (Å²) in [6.45, 7) is 5.96. The van der Waals surface area contributed by atoms with E-state index in [4.69, 9.17) is 0 Å². The van der Waals surface area contributed by atoms with Gasteiger partial charge in [0, 0.05) is 29.7 Å². The quantitative estimate of drug-likeness (QED) is 0.881. The van der Waals surface area contributed by atoms with Crippen molar-refractivity contribution in [1.29, 1.82) is 0 Å². The second-order valence-corrected chi connectivity index (χ2v) is 6.92. The van der Waals surface area contributed by atoms with Crippen LogP contribution in [-0.4, -0.2) is 41.0 Å². The minimum atomic E-state index is 0.183. The summed E-state index contributed by atoms with van der Waals surface area (Å²) in [5.41, 5.74) is 3.80. The van der Waals surface area contributed by atoms with E-state index in [2.05, 4.69) is 34.3 Å². The van der Waals surface area contributed by atoms with Crippen molar-refractivity contribution in [3.05, 3.63) is 41.1 Å². The van der Waals surface area contributed by atoms with Gasteiger partial charge in [-0.3, -0.25) is 9.78 Å². The molecule has 0 saturated carbocycles. The summed E-state index contributed by atoms with van der Waals surface area (Å²) in [5.74, 6) is 0.183. The highest BCUT2D eigenvalue weighted by Gasteiger charge is 2.38. The van der Waals surface area contributed by atoms with E-state index in [1.807, 2.05) is 19.1 Å². The maximum absolute atomic E-state index is 13.4. The molecule has 2 atom stereocenters. The first-order chi connectivity index (χ1) is 11.1. The van der Waals surface area contributed by atoms with Crippen LogP contribution in [0.25, 0.3) is 10.9 Å². The molecule has 0 unspecified atom stereocenters. The van der Waals surface area contributed by atoms with Crippen LogP contribution in [0.4, 0.5) is 0 Å². The van der Waals surface area contributed by atoms with Crippen LogP contribution in [-0.2, 0) is 0 Å². The maximum Gasteiger partial charge on any atom is 0.255 e. The fourth-order valence-corrected chi connectivity index (χ4v) is 4.10.